The third-order valence-electron chi connectivity index (χ3n) is 3.49. The van der Waals surface area contributed by atoms with Gasteiger partial charge in [-0.15, -0.1) is 0 Å². The summed E-state index contributed by atoms with van der Waals surface area (Å²) in [5.41, 5.74) is 0.0972. The molecule has 1 aliphatic rings. The lowest BCUT2D eigenvalue weighted by atomic mass is 9.98. The lowest BCUT2D eigenvalue weighted by Crippen LogP contribution is -2.18. The molecule has 112 valence electrons. The van der Waals surface area contributed by atoms with Gasteiger partial charge in [0.1, 0.15) is 0 Å². The van der Waals surface area contributed by atoms with Crippen LogP contribution in [-0.4, -0.2) is 24.8 Å². The molecule has 1 aromatic rings. The summed E-state index contributed by atoms with van der Waals surface area (Å²) in [4.78, 5) is -0.0310. The first kappa shape index (κ1) is 15.8. The number of sulfone groups is 1. The highest BCUT2D eigenvalue weighted by atomic mass is 79.9. The number of hydrogen-bond donors (Lipinski definition) is 0. The van der Waals surface area contributed by atoms with Gasteiger partial charge in [0.05, 0.1) is 17.1 Å². The summed E-state index contributed by atoms with van der Waals surface area (Å²) >= 11 is 3.46. The van der Waals surface area contributed by atoms with Gasteiger partial charge in [0, 0.05) is 4.83 Å². The topological polar surface area (TPSA) is 34.1 Å². The third kappa shape index (κ3) is 3.97. The van der Waals surface area contributed by atoms with Crippen molar-refractivity contribution in [3.63, 3.8) is 0 Å². The van der Waals surface area contributed by atoms with E-state index in [0.29, 0.717) is 12.8 Å². The van der Waals surface area contributed by atoms with E-state index in [1.165, 1.54) is 12.1 Å². The predicted octanol–water partition coefficient (Wildman–Crippen LogP) is 3.45. The Bertz CT molecular complexity index is 566. The molecular formula is C13H14BrF3O2S. The van der Waals surface area contributed by atoms with Gasteiger partial charge in [0.15, 0.2) is 9.84 Å². The first-order valence-corrected chi connectivity index (χ1v) is 8.92. The lowest BCUT2D eigenvalue weighted by molar-refractivity contribution is -0.137. The minimum absolute atomic E-state index is 0.0299. The van der Waals surface area contributed by atoms with Crippen LogP contribution in [0, 0.1) is 5.92 Å². The molecule has 2 unspecified atom stereocenters. The Hall–Kier alpha value is -0.560. The minimum Gasteiger partial charge on any atom is -0.229 e. The van der Waals surface area contributed by atoms with Crippen LogP contribution in [0.3, 0.4) is 0 Å². The molecule has 0 saturated carbocycles. The molecule has 20 heavy (non-hydrogen) atoms. The molecule has 0 aromatic heterocycles. The molecule has 1 fully saturated rings. The van der Waals surface area contributed by atoms with E-state index >= 15 is 0 Å². The summed E-state index contributed by atoms with van der Waals surface area (Å²) in [6.07, 6.45) is -3.19. The van der Waals surface area contributed by atoms with Gasteiger partial charge in [0.2, 0.25) is 0 Å². The monoisotopic (exact) mass is 370 g/mol. The van der Waals surface area contributed by atoms with E-state index in [4.69, 9.17) is 0 Å². The molecule has 2 nitrogen and oxygen atoms in total. The van der Waals surface area contributed by atoms with Crippen molar-refractivity contribution in [2.45, 2.75) is 23.8 Å². The highest BCUT2D eigenvalue weighted by Crippen LogP contribution is 2.31. The molecule has 0 bridgehead atoms. The fraction of sp³-hybridized carbons (Fsp3) is 0.538. The highest BCUT2D eigenvalue weighted by molar-refractivity contribution is 9.09. The molecule has 1 saturated heterocycles. The summed E-state index contributed by atoms with van der Waals surface area (Å²) in [6, 6.07) is 5.00. The number of benzene rings is 1. The quantitative estimate of drug-likeness (QED) is 0.763. The Balaban J connectivity index is 2.00. The van der Waals surface area contributed by atoms with E-state index in [9.17, 15) is 21.6 Å². The van der Waals surface area contributed by atoms with Crippen molar-refractivity contribution in [1.29, 1.82) is 0 Å². The van der Waals surface area contributed by atoms with Crippen LogP contribution in [0.1, 0.15) is 17.5 Å². The van der Waals surface area contributed by atoms with Crippen molar-refractivity contribution in [3.05, 3.63) is 35.4 Å². The van der Waals surface area contributed by atoms with E-state index in [2.05, 4.69) is 15.9 Å². The Morgan fingerprint density at radius 1 is 1.25 bits per heavy atom. The van der Waals surface area contributed by atoms with Crippen LogP contribution >= 0.6 is 15.9 Å². The highest BCUT2D eigenvalue weighted by Gasteiger charge is 2.33. The van der Waals surface area contributed by atoms with Crippen molar-refractivity contribution >= 4 is 25.8 Å². The lowest BCUT2D eigenvalue weighted by Gasteiger charge is -2.16. The van der Waals surface area contributed by atoms with E-state index in [1.54, 1.807) is 0 Å². The van der Waals surface area contributed by atoms with Crippen molar-refractivity contribution < 1.29 is 21.6 Å². The van der Waals surface area contributed by atoms with Crippen molar-refractivity contribution in [1.82, 2.24) is 0 Å². The van der Waals surface area contributed by atoms with Crippen LogP contribution in [0.2, 0.25) is 0 Å². The molecule has 7 heteroatoms. The molecule has 1 aromatic carbocycles. The van der Waals surface area contributed by atoms with Crippen LogP contribution in [0.25, 0.3) is 0 Å². The standard InChI is InChI=1S/C13H14BrF3O2S/c14-12(10-5-6-20(18,19)8-10)7-9-1-3-11(4-2-9)13(15,16)17/h1-4,10,12H,5-8H2. The van der Waals surface area contributed by atoms with Gasteiger partial charge in [-0.05, 0) is 36.5 Å². The SMILES string of the molecule is O=S1(=O)CCC(C(Br)Cc2ccc(C(F)(F)F)cc2)C1. The van der Waals surface area contributed by atoms with E-state index in [1.807, 2.05) is 0 Å². The second-order valence-electron chi connectivity index (χ2n) is 5.08. The van der Waals surface area contributed by atoms with Gasteiger partial charge in [0.25, 0.3) is 0 Å². The molecule has 0 aliphatic carbocycles. The van der Waals surface area contributed by atoms with Gasteiger partial charge in [-0.3, -0.25) is 0 Å². The first-order valence-electron chi connectivity index (χ1n) is 6.18. The predicted molar refractivity (Wildman–Crippen MR) is 74.6 cm³/mol. The number of hydrogen-bond acceptors (Lipinski definition) is 2. The van der Waals surface area contributed by atoms with Gasteiger partial charge in [-0.25, -0.2) is 8.42 Å². The molecular weight excluding hydrogens is 357 g/mol. The third-order valence-corrected chi connectivity index (χ3v) is 6.36. The first-order chi connectivity index (χ1) is 9.17. The van der Waals surface area contributed by atoms with Gasteiger partial charge in [-0.1, -0.05) is 28.1 Å². The van der Waals surface area contributed by atoms with Gasteiger partial charge < -0.3 is 0 Å². The van der Waals surface area contributed by atoms with Crippen molar-refractivity contribution in [2.24, 2.45) is 5.92 Å². The summed E-state index contributed by atoms with van der Waals surface area (Å²) < 4.78 is 60.1. The number of alkyl halides is 4. The van der Waals surface area contributed by atoms with Crippen LogP contribution < -0.4 is 0 Å². The zero-order valence-corrected chi connectivity index (χ0v) is 12.9. The fourth-order valence-electron chi connectivity index (χ4n) is 2.33. The fourth-order valence-corrected chi connectivity index (χ4v) is 5.28. The summed E-state index contributed by atoms with van der Waals surface area (Å²) in [5, 5.41) is 0. The zero-order chi connectivity index (χ0) is 15.0. The summed E-state index contributed by atoms with van der Waals surface area (Å²) in [5.74, 6) is 0.387. The second-order valence-corrected chi connectivity index (χ2v) is 8.48. The summed E-state index contributed by atoms with van der Waals surface area (Å²) in [6.45, 7) is 0. The maximum absolute atomic E-state index is 12.4. The van der Waals surface area contributed by atoms with Gasteiger partial charge >= 0.3 is 6.18 Å². The average Bonchev–Trinajstić information content (AvgIpc) is 2.69. The molecule has 0 radical (unpaired) electrons. The van der Waals surface area contributed by atoms with E-state index in [-0.39, 0.29) is 22.3 Å². The molecule has 0 N–H and O–H groups in total. The minimum atomic E-state index is -4.33. The Labute approximate surface area is 124 Å². The molecule has 2 atom stereocenters. The molecule has 2 rings (SSSR count). The smallest absolute Gasteiger partial charge is 0.229 e. The maximum atomic E-state index is 12.4. The van der Waals surface area contributed by atoms with Crippen LogP contribution in [0.4, 0.5) is 13.2 Å². The van der Waals surface area contributed by atoms with Crippen LogP contribution in [0.15, 0.2) is 24.3 Å². The van der Waals surface area contributed by atoms with Gasteiger partial charge in [-0.2, -0.15) is 13.2 Å². The molecule has 0 spiro atoms. The average molecular weight is 371 g/mol. The Morgan fingerprint density at radius 3 is 2.30 bits per heavy atom. The largest absolute Gasteiger partial charge is 0.416 e. The van der Waals surface area contributed by atoms with Crippen LogP contribution in [0.5, 0.6) is 0 Å². The Morgan fingerprint density at radius 2 is 1.85 bits per heavy atom. The normalized spacial score (nSPS) is 23.7. The van der Waals surface area contributed by atoms with Crippen LogP contribution in [-0.2, 0) is 22.4 Å². The second kappa shape index (κ2) is 5.67. The molecule has 1 aliphatic heterocycles. The Kier molecular flexibility index (Phi) is 4.49. The van der Waals surface area contributed by atoms with Crippen molar-refractivity contribution in [2.75, 3.05) is 11.5 Å². The maximum Gasteiger partial charge on any atom is 0.416 e. The summed E-state index contributed by atoms with van der Waals surface area (Å²) in [7, 11) is -2.94. The molecule has 1 heterocycles. The number of halogens is 4. The van der Waals surface area contributed by atoms with E-state index < -0.39 is 21.6 Å². The molecule has 0 amide bonds. The zero-order valence-electron chi connectivity index (χ0n) is 10.5. The van der Waals surface area contributed by atoms with Crippen molar-refractivity contribution in [3.8, 4) is 0 Å². The number of rotatable bonds is 3. The van der Waals surface area contributed by atoms with E-state index in [0.717, 1.165) is 17.7 Å².